The summed E-state index contributed by atoms with van der Waals surface area (Å²) in [7, 11) is 0. The molecule has 0 radical (unpaired) electrons. The Morgan fingerprint density at radius 1 is 0.512 bits per heavy atom. The minimum Gasteiger partial charge on any atom is -0.478 e. The van der Waals surface area contributed by atoms with E-state index in [-0.39, 0.29) is 24.4 Å². The normalized spacial score (nSPS) is 13.2. The molecule has 0 fully saturated rings. The molecule has 4 aromatic rings. The Labute approximate surface area is 236 Å². The van der Waals surface area contributed by atoms with Crippen LogP contribution in [0.1, 0.15) is 33.4 Å². The van der Waals surface area contributed by atoms with E-state index in [1.807, 2.05) is 72.8 Å². The topological polar surface area (TPSA) is 109 Å². The van der Waals surface area contributed by atoms with Crippen molar-refractivity contribution in [3.05, 3.63) is 155 Å². The van der Waals surface area contributed by atoms with Crippen molar-refractivity contribution in [2.75, 3.05) is 0 Å². The zero-order valence-corrected chi connectivity index (χ0v) is 22.0. The molecule has 0 aromatic heterocycles. The van der Waals surface area contributed by atoms with Crippen molar-refractivity contribution in [1.82, 2.24) is 0 Å². The number of carbonyl (C=O) groups excluding carboxylic acids is 2. The van der Waals surface area contributed by atoms with Crippen LogP contribution in [-0.4, -0.2) is 33.7 Å². The first-order valence-corrected chi connectivity index (χ1v) is 13.0. The van der Waals surface area contributed by atoms with Crippen molar-refractivity contribution in [2.45, 2.75) is 18.3 Å². The molecule has 2 N–H and O–H groups in total. The van der Waals surface area contributed by atoms with E-state index >= 15 is 0 Å². The standard InChI is InChI=1S/C35H26O6/c36-27(17-19-33(38)39)21-23-9-13-25(14-10-23)35(26-15-11-24(12-16-26)22-28(37)18-20-34(40)41)31-7-3-1-5-29(31)30-6-2-4-8-32(30)35/h1-20H,21-22H2,(H,38,39)(H,40,41)/b19-17+,20-18+. The Morgan fingerprint density at radius 2 is 0.878 bits per heavy atom. The summed E-state index contributed by atoms with van der Waals surface area (Å²) in [6.07, 6.45) is 4.01. The van der Waals surface area contributed by atoms with Gasteiger partial charge in [0.05, 0.1) is 5.41 Å². The van der Waals surface area contributed by atoms with Gasteiger partial charge in [0.15, 0.2) is 11.6 Å². The largest absolute Gasteiger partial charge is 0.478 e. The van der Waals surface area contributed by atoms with Crippen LogP contribution in [0, 0.1) is 0 Å². The SMILES string of the molecule is O=C(O)/C=C/C(=O)Cc1ccc(C2(c3ccc(CC(=O)/C=C/C(=O)O)cc3)c3ccccc3-c3ccccc32)cc1. The number of aliphatic carboxylic acids is 2. The predicted octanol–water partition coefficient (Wildman–Crippen LogP) is 5.55. The minimum atomic E-state index is -1.17. The maximum atomic E-state index is 12.2. The first kappa shape index (κ1) is 27.2. The van der Waals surface area contributed by atoms with E-state index in [1.165, 1.54) is 0 Å². The van der Waals surface area contributed by atoms with E-state index in [9.17, 15) is 19.2 Å². The lowest BCUT2D eigenvalue weighted by Crippen LogP contribution is -2.28. The lowest BCUT2D eigenvalue weighted by molar-refractivity contribution is -0.132. The number of carbonyl (C=O) groups is 4. The molecule has 6 heteroatoms. The molecule has 4 aromatic carbocycles. The second kappa shape index (κ2) is 11.4. The molecule has 0 saturated heterocycles. The molecule has 0 amide bonds. The first-order valence-electron chi connectivity index (χ1n) is 13.0. The average Bonchev–Trinajstić information content (AvgIpc) is 3.27. The number of hydrogen-bond donors (Lipinski definition) is 2. The molecule has 0 spiro atoms. The zero-order chi connectivity index (χ0) is 29.0. The molecule has 1 aliphatic rings. The molecule has 0 bridgehead atoms. The van der Waals surface area contributed by atoms with Crippen molar-refractivity contribution >= 4 is 23.5 Å². The second-order valence-corrected chi connectivity index (χ2v) is 9.86. The molecule has 0 saturated carbocycles. The molecule has 202 valence electrons. The number of fused-ring (bicyclic) bond motifs is 3. The average molecular weight is 543 g/mol. The van der Waals surface area contributed by atoms with E-state index in [0.717, 1.165) is 68.8 Å². The van der Waals surface area contributed by atoms with E-state index < -0.39 is 17.4 Å². The van der Waals surface area contributed by atoms with Crippen LogP contribution in [0.2, 0.25) is 0 Å². The van der Waals surface area contributed by atoms with E-state index in [4.69, 9.17) is 10.2 Å². The minimum absolute atomic E-state index is 0.0866. The van der Waals surface area contributed by atoms with Crippen LogP contribution in [-0.2, 0) is 37.4 Å². The van der Waals surface area contributed by atoms with Gasteiger partial charge in [0.1, 0.15) is 0 Å². The Bertz CT molecular complexity index is 1580. The van der Waals surface area contributed by atoms with Crippen molar-refractivity contribution in [3.8, 4) is 11.1 Å². The van der Waals surface area contributed by atoms with Gasteiger partial charge >= 0.3 is 11.9 Å². The highest BCUT2D eigenvalue weighted by Gasteiger charge is 2.45. The number of allylic oxidation sites excluding steroid dienone is 2. The lowest BCUT2D eigenvalue weighted by atomic mass is 9.67. The van der Waals surface area contributed by atoms with Gasteiger partial charge in [-0.05, 0) is 56.7 Å². The van der Waals surface area contributed by atoms with E-state index in [2.05, 4.69) is 24.3 Å². The number of carboxylic acids is 2. The summed E-state index contributed by atoms with van der Waals surface area (Å²) in [6, 6.07) is 32.2. The predicted molar refractivity (Wildman–Crippen MR) is 155 cm³/mol. The molecular formula is C35H26O6. The molecule has 6 nitrogen and oxygen atoms in total. The number of carboxylic acid groups (broad SMARTS) is 2. The molecule has 5 rings (SSSR count). The monoisotopic (exact) mass is 542 g/mol. The van der Waals surface area contributed by atoms with Crippen molar-refractivity contribution in [3.63, 3.8) is 0 Å². The zero-order valence-electron chi connectivity index (χ0n) is 22.0. The van der Waals surface area contributed by atoms with Crippen molar-refractivity contribution < 1.29 is 29.4 Å². The third-order valence-electron chi connectivity index (χ3n) is 7.31. The Balaban J connectivity index is 1.59. The summed E-state index contributed by atoms with van der Waals surface area (Å²) in [5.41, 5.74) is 7.35. The molecule has 0 heterocycles. The van der Waals surface area contributed by atoms with Crippen LogP contribution in [0.3, 0.4) is 0 Å². The molecular weight excluding hydrogens is 516 g/mol. The summed E-state index contributed by atoms with van der Waals surface area (Å²) in [6.45, 7) is 0. The van der Waals surface area contributed by atoms with E-state index in [1.54, 1.807) is 0 Å². The highest BCUT2D eigenvalue weighted by atomic mass is 16.4. The van der Waals surface area contributed by atoms with Gasteiger partial charge < -0.3 is 10.2 Å². The van der Waals surface area contributed by atoms with Crippen LogP contribution < -0.4 is 0 Å². The first-order chi connectivity index (χ1) is 19.8. The fraction of sp³-hybridized carbons (Fsp3) is 0.0857. The van der Waals surface area contributed by atoms with Gasteiger partial charge in [-0.25, -0.2) is 9.59 Å². The maximum Gasteiger partial charge on any atom is 0.328 e. The van der Waals surface area contributed by atoms with Crippen molar-refractivity contribution in [2.24, 2.45) is 0 Å². The molecule has 41 heavy (non-hydrogen) atoms. The van der Waals surface area contributed by atoms with Crippen LogP contribution in [0.5, 0.6) is 0 Å². The molecule has 0 atom stereocenters. The maximum absolute atomic E-state index is 12.2. The summed E-state index contributed by atoms with van der Waals surface area (Å²) >= 11 is 0. The van der Waals surface area contributed by atoms with Crippen LogP contribution in [0.15, 0.2) is 121 Å². The number of ketones is 2. The van der Waals surface area contributed by atoms with Gasteiger partial charge in [0.25, 0.3) is 0 Å². The number of hydrogen-bond acceptors (Lipinski definition) is 4. The third kappa shape index (κ3) is 5.40. The van der Waals surface area contributed by atoms with Gasteiger partial charge in [-0.1, -0.05) is 97.1 Å². The van der Waals surface area contributed by atoms with E-state index in [0.29, 0.717) is 0 Å². The van der Waals surface area contributed by atoms with Gasteiger partial charge in [-0.3, -0.25) is 9.59 Å². The van der Waals surface area contributed by atoms with Gasteiger partial charge in [0.2, 0.25) is 0 Å². The molecule has 0 unspecified atom stereocenters. The summed E-state index contributed by atoms with van der Waals surface area (Å²) < 4.78 is 0. The van der Waals surface area contributed by atoms with Gasteiger partial charge in [0, 0.05) is 25.0 Å². The Hall–Kier alpha value is -5.36. The highest BCUT2D eigenvalue weighted by Crippen LogP contribution is 2.55. The smallest absolute Gasteiger partial charge is 0.328 e. The number of benzene rings is 4. The van der Waals surface area contributed by atoms with Crippen LogP contribution >= 0.6 is 0 Å². The number of rotatable bonds is 10. The second-order valence-electron chi connectivity index (χ2n) is 9.86. The van der Waals surface area contributed by atoms with Crippen LogP contribution in [0.25, 0.3) is 11.1 Å². The fourth-order valence-corrected chi connectivity index (χ4v) is 5.62. The Morgan fingerprint density at radius 3 is 1.24 bits per heavy atom. The quantitative estimate of drug-likeness (QED) is 0.224. The van der Waals surface area contributed by atoms with Crippen LogP contribution in [0.4, 0.5) is 0 Å². The summed E-state index contributed by atoms with van der Waals surface area (Å²) in [5.74, 6) is -2.92. The molecule has 0 aliphatic heterocycles. The van der Waals surface area contributed by atoms with Gasteiger partial charge in [-0.15, -0.1) is 0 Å². The summed E-state index contributed by atoms with van der Waals surface area (Å²) in [5, 5.41) is 17.6. The highest BCUT2D eigenvalue weighted by molar-refractivity contribution is 5.97. The molecule has 1 aliphatic carbocycles. The summed E-state index contributed by atoms with van der Waals surface area (Å²) in [4.78, 5) is 46.0. The fourth-order valence-electron chi connectivity index (χ4n) is 5.62. The Kier molecular flexibility index (Phi) is 7.57. The van der Waals surface area contributed by atoms with Gasteiger partial charge in [-0.2, -0.15) is 0 Å². The van der Waals surface area contributed by atoms with Crippen molar-refractivity contribution in [1.29, 1.82) is 0 Å². The lowest BCUT2D eigenvalue weighted by Gasteiger charge is -2.34. The third-order valence-corrected chi connectivity index (χ3v) is 7.31.